The molecule has 1 saturated heterocycles. The average Bonchev–Trinajstić information content (AvgIpc) is 2.89. The van der Waals surface area contributed by atoms with Crippen LogP contribution in [0.2, 0.25) is 0 Å². The molecule has 1 aliphatic heterocycles. The first-order chi connectivity index (χ1) is 7.03. The predicted octanol–water partition coefficient (Wildman–Crippen LogP) is -1.40. The van der Waals surface area contributed by atoms with E-state index < -0.39 is 15.9 Å². The van der Waals surface area contributed by atoms with Crippen LogP contribution in [-0.2, 0) is 9.84 Å². The zero-order chi connectivity index (χ0) is 11.1. The largest absolute Gasteiger partial charge is 0.395 e. The molecular weight excluding hydrogens is 218 g/mol. The van der Waals surface area contributed by atoms with E-state index in [2.05, 4.69) is 0 Å². The van der Waals surface area contributed by atoms with E-state index in [-0.39, 0.29) is 24.2 Å². The molecule has 5 nitrogen and oxygen atoms in total. The van der Waals surface area contributed by atoms with Gasteiger partial charge in [0.05, 0.1) is 30.3 Å². The van der Waals surface area contributed by atoms with Gasteiger partial charge in [0.2, 0.25) is 0 Å². The molecule has 2 unspecified atom stereocenters. The van der Waals surface area contributed by atoms with E-state index in [0.717, 1.165) is 12.8 Å². The molecule has 0 aromatic rings. The second-order valence-corrected chi connectivity index (χ2v) is 6.56. The Kier molecular flexibility index (Phi) is 3.03. The summed E-state index contributed by atoms with van der Waals surface area (Å²) in [7, 11) is -3.09. The molecule has 1 heterocycles. The third-order valence-corrected chi connectivity index (χ3v) is 4.79. The highest BCUT2D eigenvalue weighted by molar-refractivity contribution is 7.91. The van der Waals surface area contributed by atoms with E-state index in [0.29, 0.717) is 12.6 Å². The Morgan fingerprint density at radius 3 is 2.33 bits per heavy atom. The van der Waals surface area contributed by atoms with Gasteiger partial charge >= 0.3 is 0 Å². The Hall–Kier alpha value is -0.170. The molecule has 0 aromatic heterocycles. The van der Waals surface area contributed by atoms with Crippen LogP contribution in [0.1, 0.15) is 12.8 Å². The first-order valence-electron chi connectivity index (χ1n) is 5.28. The van der Waals surface area contributed by atoms with Crippen LogP contribution in [0.5, 0.6) is 0 Å². The van der Waals surface area contributed by atoms with Gasteiger partial charge < -0.3 is 10.2 Å². The van der Waals surface area contributed by atoms with Crippen molar-refractivity contribution in [1.82, 2.24) is 4.90 Å². The second-order valence-electron chi connectivity index (χ2n) is 4.40. The summed E-state index contributed by atoms with van der Waals surface area (Å²) in [4.78, 5) is 1.95. The first-order valence-corrected chi connectivity index (χ1v) is 7.11. The van der Waals surface area contributed by atoms with Gasteiger partial charge in [-0.15, -0.1) is 0 Å². The van der Waals surface area contributed by atoms with E-state index in [4.69, 9.17) is 5.11 Å². The van der Waals surface area contributed by atoms with Crippen LogP contribution in [-0.4, -0.2) is 66.4 Å². The zero-order valence-electron chi connectivity index (χ0n) is 8.54. The summed E-state index contributed by atoms with van der Waals surface area (Å²) in [5, 5.41) is 18.6. The maximum absolute atomic E-state index is 11.4. The van der Waals surface area contributed by atoms with Gasteiger partial charge in [0, 0.05) is 12.6 Å². The summed E-state index contributed by atoms with van der Waals surface area (Å²) in [6.45, 7) is 0.474. The van der Waals surface area contributed by atoms with Gasteiger partial charge in [-0.05, 0) is 12.8 Å². The fourth-order valence-electron chi connectivity index (χ4n) is 2.27. The first kappa shape index (κ1) is 11.3. The van der Waals surface area contributed by atoms with Crippen molar-refractivity contribution in [3.8, 4) is 0 Å². The highest BCUT2D eigenvalue weighted by Crippen LogP contribution is 2.31. The van der Waals surface area contributed by atoms with E-state index in [1.165, 1.54) is 0 Å². The van der Waals surface area contributed by atoms with Crippen molar-refractivity contribution in [2.45, 2.75) is 31.0 Å². The summed E-state index contributed by atoms with van der Waals surface area (Å²) >= 11 is 0. The monoisotopic (exact) mass is 235 g/mol. The van der Waals surface area contributed by atoms with E-state index in [9.17, 15) is 13.5 Å². The lowest BCUT2D eigenvalue weighted by Gasteiger charge is -2.29. The van der Waals surface area contributed by atoms with Crippen LogP contribution in [0.15, 0.2) is 0 Å². The summed E-state index contributed by atoms with van der Waals surface area (Å²) in [5.41, 5.74) is 0. The molecule has 6 heteroatoms. The third kappa shape index (κ3) is 2.50. The number of sulfone groups is 1. The van der Waals surface area contributed by atoms with E-state index in [1.807, 2.05) is 4.90 Å². The molecule has 2 rings (SSSR count). The van der Waals surface area contributed by atoms with Crippen LogP contribution in [0.3, 0.4) is 0 Å². The molecule has 88 valence electrons. The van der Waals surface area contributed by atoms with Crippen LogP contribution < -0.4 is 0 Å². The highest BCUT2D eigenvalue weighted by Gasteiger charge is 2.44. The number of hydrogen-bond donors (Lipinski definition) is 2. The van der Waals surface area contributed by atoms with E-state index >= 15 is 0 Å². The third-order valence-electron chi connectivity index (χ3n) is 3.09. The molecule has 2 aliphatic rings. The maximum atomic E-state index is 11.4. The SMILES string of the molecule is O=S1(=O)CC(O)C(N(CCO)C2CC2)C1. The molecule has 1 aliphatic carbocycles. The van der Waals surface area contributed by atoms with Crippen molar-refractivity contribution in [3.63, 3.8) is 0 Å². The summed E-state index contributed by atoms with van der Waals surface area (Å²) in [5.74, 6) is -0.100. The number of aliphatic hydroxyl groups excluding tert-OH is 2. The van der Waals surface area contributed by atoms with Gasteiger partial charge in [0.25, 0.3) is 0 Å². The molecule has 2 atom stereocenters. The lowest BCUT2D eigenvalue weighted by atomic mass is 10.2. The molecule has 0 aromatic carbocycles. The molecule has 0 spiro atoms. The van der Waals surface area contributed by atoms with Crippen molar-refractivity contribution in [2.75, 3.05) is 24.7 Å². The van der Waals surface area contributed by atoms with Crippen molar-refractivity contribution >= 4 is 9.84 Å². The van der Waals surface area contributed by atoms with Crippen molar-refractivity contribution in [2.24, 2.45) is 0 Å². The molecule has 0 radical (unpaired) electrons. The molecule has 2 fully saturated rings. The predicted molar refractivity (Wildman–Crippen MR) is 55.3 cm³/mol. The second kappa shape index (κ2) is 4.01. The Labute approximate surface area is 89.6 Å². The smallest absolute Gasteiger partial charge is 0.154 e. The van der Waals surface area contributed by atoms with Gasteiger partial charge in [-0.1, -0.05) is 0 Å². The molecule has 0 bridgehead atoms. The summed E-state index contributed by atoms with van der Waals surface area (Å²) in [6.07, 6.45) is 1.30. The Morgan fingerprint density at radius 2 is 1.93 bits per heavy atom. The maximum Gasteiger partial charge on any atom is 0.154 e. The topological polar surface area (TPSA) is 77.8 Å². The number of aliphatic hydroxyl groups is 2. The fraction of sp³-hybridized carbons (Fsp3) is 1.00. The lowest BCUT2D eigenvalue weighted by Crippen LogP contribution is -2.45. The van der Waals surface area contributed by atoms with Crippen LogP contribution in [0.25, 0.3) is 0 Å². The van der Waals surface area contributed by atoms with Gasteiger partial charge in [-0.2, -0.15) is 0 Å². The Bertz CT molecular complexity index is 325. The van der Waals surface area contributed by atoms with Gasteiger partial charge in [-0.25, -0.2) is 8.42 Å². The minimum absolute atomic E-state index is 0.0137. The minimum Gasteiger partial charge on any atom is -0.395 e. The van der Waals surface area contributed by atoms with Crippen LogP contribution >= 0.6 is 0 Å². The normalized spacial score (nSPS) is 34.9. The number of hydrogen-bond acceptors (Lipinski definition) is 5. The molecular formula is C9H17NO4S. The van der Waals surface area contributed by atoms with Gasteiger partial charge in [-0.3, -0.25) is 4.90 Å². The van der Waals surface area contributed by atoms with E-state index in [1.54, 1.807) is 0 Å². The van der Waals surface area contributed by atoms with Gasteiger partial charge in [0.1, 0.15) is 0 Å². The van der Waals surface area contributed by atoms with Crippen LogP contribution in [0.4, 0.5) is 0 Å². The summed E-state index contributed by atoms with van der Waals surface area (Å²) < 4.78 is 22.7. The van der Waals surface area contributed by atoms with Crippen molar-refractivity contribution < 1.29 is 18.6 Å². The standard InChI is InChI=1S/C9H17NO4S/c11-4-3-10(7-1-2-7)8-5-15(13,14)6-9(8)12/h7-9,11-12H,1-6H2. The lowest BCUT2D eigenvalue weighted by molar-refractivity contribution is 0.0651. The van der Waals surface area contributed by atoms with Crippen molar-refractivity contribution in [1.29, 1.82) is 0 Å². The van der Waals surface area contributed by atoms with Crippen molar-refractivity contribution in [3.05, 3.63) is 0 Å². The summed E-state index contributed by atoms with van der Waals surface area (Å²) in [6, 6.07) is 0.0553. The minimum atomic E-state index is -3.09. The highest BCUT2D eigenvalue weighted by atomic mass is 32.2. The Morgan fingerprint density at radius 1 is 1.27 bits per heavy atom. The fourth-order valence-corrected chi connectivity index (χ4v) is 4.08. The number of rotatable bonds is 4. The average molecular weight is 235 g/mol. The zero-order valence-corrected chi connectivity index (χ0v) is 9.36. The Balaban J connectivity index is 2.07. The molecule has 1 saturated carbocycles. The van der Waals surface area contributed by atoms with Gasteiger partial charge in [0.15, 0.2) is 9.84 Å². The molecule has 0 amide bonds. The molecule has 15 heavy (non-hydrogen) atoms. The quantitative estimate of drug-likeness (QED) is 0.627. The molecule has 2 N–H and O–H groups in total. The van der Waals surface area contributed by atoms with Crippen LogP contribution in [0, 0.1) is 0 Å². The number of nitrogens with zero attached hydrogens (tertiary/aromatic N) is 1.